The molecule has 0 radical (unpaired) electrons. The van der Waals surface area contributed by atoms with Crippen molar-refractivity contribution in [1.82, 2.24) is 16.0 Å². The maximum Gasteiger partial charge on any atom is 0.326 e. The lowest BCUT2D eigenvalue weighted by Crippen LogP contribution is -2.60. The minimum atomic E-state index is -1.70. The zero-order chi connectivity index (χ0) is 25.9. The molecule has 33 heavy (non-hydrogen) atoms. The Morgan fingerprint density at radius 1 is 0.697 bits per heavy atom. The fourth-order valence-corrected chi connectivity index (χ4v) is 2.82. The lowest BCUT2D eigenvalue weighted by molar-refractivity contribution is -0.147. The highest BCUT2D eigenvalue weighted by atomic mass is 16.4. The van der Waals surface area contributed by atoms with E-state index in [-0.39, 0.29) is 0 Å². The van der Waals surface area contributed by atoms with Crippen molar-refractivity contribution in [2.45, 2.75) is 77.5 Å². The average molecular weight is 475 g/mol. The molecule has 0 aromatic rings. The first-order valence-electron chi connectivity index (χ1n) is 10.6. The predicted molar refractivity (Wildman–Crippen MR) is 115 cm³/mol. The lowest BCUT2D eigenvalue weighted by Gasteiger charge is -2.29. The van der Waals surface area contributed by atoms with Crippen LogP contribution in [-0.2, 0) is 28.8 Å². The van der Waals surface area contributed by atoms with Gasteiger partial charge in [-0.3, -0.25) is 24.0 Å². The largest absolute Gasteiger partial charge is 0.481 e. The Hall–Kier alpha value is -3.22. The molecule has 0 aliphatic carbocycles. The fraction of sp³-hybridized carbons (Fsp3) is 0.700. The maximum absolute atomic E-state index is 13.0. The average Bonchev–Trinajstić information content (AvgIpc) is 2.72. The molecule has 0 heterocycles. The van der Waals surface area contributed by atoms with Gasteiger partial charge in [0.05, 0.1) is 18.9 Å². The van der Waals surface area contributed by atoms with Gasteiger partial charge in [0.2, 0.25) is 17.7 Å². The monoisotopic (exact) mass is 474 g/mol. The molecule has 13 nitrogen and oxygen atoms in total. The number of aliphatic carboxylic acids is 3. The summed E-state index contributed by atoms with van der Waals surface area (Å²) in [5, 5.41) is 33.9. The first-order valence-corrected chi connectivity index (χ1v) is 10.6. The molecule has 3 amide bonds. The van der Waals surface area contributed by atoms with Crippen LogP contribution in [0.15, 0.2) is 0 Å². The minimum Gasteiger partial charge on any atom is -0.481 e. The zero-order valence-electron chi connectivity index (χ0n) is 19.2. The van der Waals surface area contributed by atoms with Crippen LogP contribution in [0.2, 0.25) is 0 Å². The van der Waals surface area contributed by atoms with E-state index in [2.05, 4.69) is 16.0 Å². The third-order valence-corrected chi connectivity index (χ3v) is 5.31. The molecule has 8 N–H and O–H groups in total. The number of carboxylic acids is 3. The molecule has 0 aliphatic heterocycles. The third kappa shape index (κ3) is 10.3. The second kappa shape index (κ2) is 14.0. The van der Waals surface area contributed by atoms with Crippen LogP contribution in [0.5, 0.6) is 0 Å². The van der Waals surface area contributed by atoms with Gasteiger partial charge in [-0.15, -0.1) is 0 Å². The summed E-state index contributed by atoms with van der Waals surface area (Å²) >= 11 is 0. The zero-order valence-corrected chi connectivity index (χ0v) is 19.2. The van der Waals surface area contributed by atoms with Crippen molar-refractivity contribution in [2.75, 3.05) is 0 Å². The van der Waals surface area contributed by atoms with Crippen LogP contribution in [0.3, 0.4) is 0 Å². The van der Waals surface area contributed by atoms with E-state index in [0.717, 1.165) is 0 Å². The molecule has 0 spiro atoms. The summed E-state index contributed by atoms with van der Waals surface area (Å²) in [5.41, 5.74) is 5.56. The molecular formula is C20H34N4O9. The van der Waals surface area contributed by atoms with Crippen molar-refractivity contribution >= 4 is 35.6 Å². The summed E-state index contributed by atoms with van der Waals surface area (Å²) in [5.74, 6) is -7.61. The van der Waals surface area contributed by atoms with E-state index in [1.165, 1.54) is 0 Å². The van der Waals surface area contributed by atoms with Gasteiger partial charge in [0, 0.05) is 0 Å². The number of amides is 3. The van der Waals surface area contributed by atoms with Gasteiger partial charge in [0.25, 0.3) is 0 Å². The van der Waals surface area contributed by atoms with Crippen LogP contribution in [-0.4, -0.2) is 75.1 Å². The summed E-state index contributed by atoms with van der Waals surface area (Å²) in [6.07, 6.45) is -0.626. The first kappa shape index (κ1) is 29.8. The van der Waals surface area contributed by atoms with Gasteiger partial charge in [-0.05, 0) is 11.8 Å². The van der Waals surface area contributed by atoms with Crippen LogP contribution >= 0.6 is 0 Å². The topological polar surface area (TPSA) is 225 Å². The van der Waals surface area contributed by atoms with Crippen molar-refractivity contribution in [3.05, 3.63) is 0 Å². The molecular weight excluding hydrogens is 440 g/mol. The molecule has 13 heteroatoms. The summed E-state index contributed by atoms with van der Waals surface area (Å²) in [6.45, 7) is 6.80. The van der Waals surface area contributed by atoms with Crippen LogP contribution in [0.25, 0.3) is 0 Å². The third-order valence-electron chi connectivity index (χ3n) is 5.31. The SMILES string of the molecule is CCC(C)C(NC(=O)C(N)CC(=O)O)C(=O)NC(C(=O)NC(CC(=O)O)C(=O)O)C(C)CC. The second-order valence-electron chi connectivity index (χ2n) is 7.95. The molecule has 0 saturated carbocycles. The van der Waals surface area contributed by atoms with Gasteiger partial charge >= 0.3 is 17.9 Å². The Balaban J connectivity index is 5.64. The summed E-state index contributed by atoms with van der Waals surface area (Å²) in [4.78, 5) is 70.9. The first-order chi connectivity index (χ1) is 15.2. The number of hydrogen-bond acceptors (Lipinski definition) is 7. The molecule has 0 saturated heterocycles. The second-order valence-corrected chi connectivity index (χ2v) is 7.95. The molecule has 6 atom stereocenters. The number of rotatable bonds is 15. The molecule has 0 aromatic heterocycles. The number of carboxylic acid groups (broad SMARTS) is 3. The predicted octanol–water partition coefficient (Wildman–Crippen LogP) is -1.11. The molecule has 0 fully saturated rings. The number of nitrogens with two attached hydrogens (primary N) is 1. The molecule has 0 bridgehead atoms. The number of carbonyl (C=O) groups is 6. The van der Waals surface area contributed by atoms with E-state index < -0.39 is 84.5 Å². The molecule has 0 aromatic carbocycles. The van der Waals surface area contributed by atoms with E-state index in [1.54, 1.807) is 27.7 Å². The van der Waals surface area contributed by atoms with Crippen molar-refractivity contribution in [3.8, 4) is 0 Å². The minimum absolute atomic E-state index is 0.412. The van der Waals surface area contributed by atoms with Gasteiger partial charge in [-0.2, -0.15) is 0 Å². The van der Waals surface area contributed by atoms with Crippen LogP contribution < -0.4 is 21.7 Å². The smallest absolute Gasteiger partial charge is 0.326 e. The van der Waals surface area contributed by atoms with E-state index in [1.807, 2.05) is 0 Å². The standard InChI is InChI=1S/C20H34N4O9/c1-5-9(3)15(18(30)22-12(20(32)33)8-14(27)28)24-19(31)16(10(4)6-2)23-17(29)11(21)7-13(25)26/h9-12,15-16H,5-8,21H2,1-4H3,(H,22,30)(H,23,29)(H,24,31)(H,25,26)(H,27,28)(H,32,33). The summed E-state index contributed by atoms with van der Waals surface area (Å²) < 4.78 is 0. The Bertz CT molecular complexity index is 743. The van der Waals surface area contributed by atoms with Crippen LogP contribution in [0.4, 0.5) is 0 Å². The highest BCUT2D eigenvalue weighted by Crippen LogP contribution is 2.13. The fourth-order valence-electron chi connectivity index (χ4n) is 2.82. The van der Waals surface area contributed by atoms with Crippen molar-refractivity contribution in [2.24, 2.45) is 17.6 Å². The van der Waals surface area contributed by atoms with Crippen molar-refractivity contribution in [1.29, 1.82) is 0 Å². The number of hydrogen-bond donors (Lipinski definition) is 7. The Labute approximate surface area is 191 Å². The molecule has 0 aliphatic rings. The normalized spacial score (nSPS) is 16.3. The molecule has 6 unspecified atom stereocenters. The Morgan fingerprint density at radius 2 is 1.09 bits per heavy atom. The number of carbonyl (C=O) groups excluding carboxylic acids is 3. The summed E-state index contributed by atoms with van der Waals surface area (Å²) in [7, 11) is 0. The number of nitrogens with one attached hydrogen (secondary N) is 3. The van der Waals surface area contributed by atoms with E-state index in [9.17, 15) is 33.9 Å². The van der Waals surface area contributed by atoms with Crippen LogP contribution in [0.1, 0.15) is 53.4 Å². The Kier molecular flexibility index (Phi) is 12.7. The Morgan fingerprint density at radius 3 is 1.45 bits per heavy atom. The van der Waals surface area contributed by atoms with Crippen molar-refractivity contribution in [3.63, 3.8) is 0 Å². The van der Waals surface area contributed by atoms with Gasteiger partial charge < -0.3 is 37.0 Å². The van der Waals surface area contributed by atoms with E-state index in [0.29, 0.717) is 12.8 Å². The van der Waals surface area contributed by atoms with Crippen LogP contribution in [0, 0.1) is 11.8 Å². The molecule has 188 valence electrons. The lowest BCUT2D eigenvalue weighted by atomic mass is 9.94. The van der Waals surface area contributed by atoms with Gasteiger partial charge in [-0.1, -0.05) is 40.5 Å². The highest BCUT2D eigenvalue weighted by molar-refractivity contribution is 5.95. The summed E-state index contributed by atoms with van der Waals surface area (Å²) in [6, 6.07) is -5.44. The van der Waals surface area contributed by atoms with Crippen molar-refractivity contribution < 1.29 is 44.1 Å². The quantitative estimate of drug-likeness (QED) is 0.151. The molecule has 0 rings (SSSR count). The van der Waals surface area contributed by atoms with E-state index >= 15 is 0 Å². The van der Waals surface area contributed by atoms with Gasteiger partial charge in [-0.25, -0.2) is 4.79 Å². The van der Waals surface area contributed by atoms with E-state index in [4.69, 9.17) is 15.9 Å². The maximum atomic E-state index is 13.0. The van der Waals surface area contributed by atoms with Gasteiger partial charge in [0.15, 0.2) is 0 Å². The van der Waals surface area contributed by atoms with Gasteiger partial charge in [0.1, 0.15) is 18.1 Å². The highest BCUT2D eigenvalue weighted by Gasteiger charge is 2.35.